The zero-order chi connectivity index (χ0) is 16.8. The Labute approximate surface area is 136 Å². The minimum Gasteiger partial charge on any atom is -0.340 e. The highest BCUT2D eigenvalue weighted by atomic mass is 19.1. The minimum atomic E-state index is -0.452. The van der Waals surface area contributed by atoms with Gasteiger partial charge in [-0.15, -0.1) is 0 Å². The van der Waals surface area contributed by atoms with E-state index < -0.39 is 5.82 Å². The monoisotopic (exact) mass is 321 g/mol. The highest BCUT2D eigenvalue weighted by molar-refractivity contribution is 5.92. The van der Waals surface area contributed by atoms with Gasteiger partial charge in [-0.1, -0.05) is 19.1 Å². The predicted octanol–water partition coefficient (Wildman–Crippen LogP) is 1.73. The molecule has 0 N–H and O–H groups in total. The van der Waals surface area contributed by atoms with Crippen LogP contribution in [0.4, 0.5) is 10.1 Å². The number of carbonyl (C=O) groups excluding carboxylic acids is 2. The number of likely N-dealkylation sites (N-methyl/N-ethyl adjacent to an activating group) is 1. The molecule has 1 aromatic carbocycles. The lowest BCUT2D eigenvalue weighted by molar-refractivity contribution is -0.132. The molecule has 126 valence electrons. The van der Waals surface area contributed by atoms with Crippen LogP contribution in [0.3, 0.4) is 0 Å². The lowest BCUT2D eigenvalue weighted by atomic mass is 10.2. The summed E-state index contributed by atoms with van der Waals surface area (Å²) in [6, 6.07) is 6.13. The number of piperazine rings is 1. The largest absolute Gasteiger partial charge is 0.340 e. The number of para-hydroxylation sites is 1. The van der Waals surface area contributed by atoms with Gasteiger partial charge >= 0.3 is 0 Å². The lowest BCUT2D eigenvalue weighted by Crippen LogP contribution is -2.49. The number of halogens is 1. The van der Waals surface area contributed by atoms with Crippen LogP contribution >= 0.6 is 0 Å². The van der Waals surface area contributed by atoms with Crippen LogP contribution < -0.4 is 4.90 Å². The predicted molar refractivity (Wildman–Crippen MR) is 87.7 cm³/mol. The smallest absolute Gasteiger partial charge is 0.224 e. The highest BCUT2D eigenvalue weighted by Gasteiger charge is 2.22. The van der Waals surface area contributed by atoms with Gasteiger partial charge in [-0.3, -0.25) is 9.59 Å². The molecule has 1 heterocycles. The summed E-state index contributed by atoms with van der Waals surface area (Å²) in [6.45, 7) is 7.88. The van der Waals surface area contributed by atoms with Gasteiger partial charge in [0.2, 0.25) is 11.8 Å². The van der Waals surface area contributed by atoms with Gasteiger partial charge in [-0.2, -0.15) is 0 Å². The first kappa shape index (κ1) is 17.4. The van der Waals surface area contributed by atoms with Crippen LogP contribution in [0.5, 0.6) is 0 Å². The van der Waals surface area contributed by atoms with Crippen molar-refractivity contribution in [1.82, 2.24) is 9.80 Å². The van der Waals surface area contributed by atoms with E-state index in [9.17, 15) is 14.0 Å². The molecule has 0 radical (unpaired) electrons. The molecular weight excluding hydrogens is 297 g/mol. The Bertz CT molecular complexity index is 557. The molecule has 0 unspecified atom stereocenters. The van der Waals surface area contributed by atoms with Crippen LogP contribution in [0.25, 0.3) is 0 Å². The number of rotatable bonds is 5. The van der Waals surface area contributed by atoms with Crippen LogP contribution in [-0.2, 0) is 9.59 Å². The minimum absolute atomic E-state index is 0.0170. The number of carbonyl (C=O) groups is 2. The van der Waals surface area contributed by atoms with Crippen molar-refractivity contribution in [3.05, 3.63) is 30.1 Å². The Morgan fingerprint density at radius 1 is 1.17 bits per heavy atom. The van der Waals surface area contributed by atoms with Crippen LogP contribution in [-0.4, -0.2) is 60.9 Å². The summed E-state index contributed by atoms with van der Waals surface area (Å²) < 4.78 is 13.9. The molecule has 1 aliphatic rings. The lowest BCUT2D eigenvalue weighted by Gasteiger charge is -2.34. The third kappa shape index (κ3) is 4.51. The molecule has 5 nitrogen and oxygen atoms in total. The maximum Gasteiger partial charge on any atom is 0.224 e. The second-order valence-corrected chi connectivity index (χ2v) is 5.69. The molecule has 2 rings (SSSR count). The van der Waals surface area contributed by atoms with Crippen molar-refractivity contribution in [3.8, 4) is 0 Å². The van der Waals surface area contributed by atoms with Gasteiger partial charge in [0.15, 0.2) is 0 Å². The molecule has 1 aromatic rings. The molecule has 0 aromatic heterocycles. The summed E-state index contributed by atoms with van der Waals surface area (Å²) in [5.74, 6) is -0.700. The van der Waals surface area contributed by atoms with E-state index in [1.165, 1.54) is 17.9 Å². The zero-order valence-electron chi connectivity index (χ0n) is 13.8. The van der Waals surface area contributed by atoms with E-state index in [2.05, 4.69) is 11.8 Å². The number of hydrogen-bond donors (Lipinski definition) is 0. The fourth-order valence-electron chi connectivity index (χ4n) is 2.80. The third-order valence-corrected chi connectivity index (χ3v) is 4.24. The summed E-state index contributed by atoms with van der Waals surface area (Å²) in [5, 5.41) is 0. The molecule has 1 fully saturated rings. The first-order valence-corrected chi connectivity index (χ1v) is 8.05. The number of anilines is 1. The maximum absolute atomic E-state index is 13.9. The Balaban J connectivity index is 1.93. The summed E-state index contributed by atoms with van der Waals surface area (Å²) in [6.07, 6.45) is 0.208. The van der Waals surface area contributed by atoms with Crippen LogP contribution in [0.1, 0.15) is 20.3 Å². The first-order chi connectivity index (χ1) is 11.0. The molecular formula is C17H24FN3O2. The maximum atomic E-state index is 13.9. The molecule has 6 heteroatoms. The van der Waals surface area contributed by atoms with Crippen molar-refractivity contribution >= 4 is 17.5 Å². The molecule has 1 saturated heterocycles. The second-order valence-electron chi connectivity index (χ2n) is 5.69. The van der Waals surface area contributed by atoms with Gasteiger partial charge in [0, 0.05) is 46.1 Å². The SMILES string of the molecule is CCN1CCN(C(=O)CCN(C(C)=O)c2ccccc2F)CC1. The van der Waals surface area contributed by atoms with Crippen molar-refractivity contribution in [1.29, 1.82) is 0 Å². The molecule has 0 bridgehead atoms. The third-order valence-electron chi connectivity index (χ3n) is 4.24. The van der Waals surface area contributed by atoms with Gasteiger partial charge in [0.05, 0.1) is 5.69 Å². The number of benzene rings is 1. The van der Waals surface area contributed by atoms with Crippen LogP contribution in [0, 0.1) is 5.82 Å². The molecule has 0 saturated carbocycles. The van der Waals surface area contributed by atoms with Gasteiger partial charge < -0.3 is 14.7 Å². The fourth-order valence-corrected chi connectivity index (χ4v) is 2.80. The average molecular weight is 321 g/mol. The van der Waals surface area contributed by atoms with Crippen molar-refractivity contribution in [2.75, 3.05) is 44.2 Å². The zero-order valence-corrected chi connectivity index (χ0v) is 13.8. The van der Waals surface area contributed by atoms with E-state index in [1.54, 1.807) is 18.2 Å². The molecule has 23 heavy (non-hydrogen) atoms. The summed E-state index contributed by atoms with van der Waals surface area (Å²) in [4.78, 5) is 29.6. The van der Waals surface area contributed by atoms with Gasteiger partial charge in [-0.25, -0.2) is 4.39 Å². The van der Waals surface area contributed by atoms with E-state index in [1.807, 2.05) is 4.90 Å². The van der Waals surface area contributed by atoms with Crippen LogP contribution in [0.2, 0.25) is 0 Å². The van der Waals surface area contributed by atoms with Gasteiger partial charge in [-0.05, 0) is 18.7 Å². The quantitative estimate of drug-likeness (QED) is 0.830. The van der Waals surface area contributed by atoms with E-state index in [4.69, 9.17) is 0 Å². The number of nitrogens with zero attached hydrogens (tertiary/aromatic N) is 3. The second kappa shape index (κ2) is 8.06. The Morgan fingerprint density at radius 3 is 2.39 bits per heavy atom. The highest BCUT2D eigenvalue weighted by Crippen LogP contribution is 2.19. The first-order valence-electron chi connectivity index (χ1n) is 8.05. The van der Waals surface area contributed by atoms with Crippen molar-refractivity contribution in [3.63, 3.8) is 0 Å². The Hall–Kier alpha value is -1.95. The fraction of sp³-hybridized carbons (Fsp3) is 0.529. The standard InChI is InChI=1S/C17H24FN3O2/c1-3-19-10-12-20(13-11-19)17(23)8-9-21(14(2)22)16-7-5-4-6-15(16)18/h4-7H,3,8-13H2,1-2H3. The number of amides is 2. The summed E-state index contributed by atoms with van der Waals surface area (Å²) >= 11 is 0. The van der Waals surface area contributed by atoms with E-state index in [-0.39, 0.29) is 30.5 Å². The van der Waals surface area contributed by atoms with Crippen molar-refractivity contribution < 1.29 is 14.0 Å². The van der Waals surface area contributed by atoms with E-state index >= 15 is 0 Å². The normalized spacial score (nSPS) is 15.5. The Morgan fingerprint density at radius 2 is 1.83 bits per heavy atom. The van der Waals surface area contributed by atoms with E-state index in [0.29, 0.717) is 13.1 Å². The van der Waals surface area contributed by atoms with Crippen LogP contribution in [0.15, 0.2) is 24.3 Å². The molecule has 0 atom stereocenters. The topological polar surface area (TPSA) is 43.9 Å². The van der Waals surface area contributed by atoms with E-state index in [0.717, 1.165) is 19.6 Å². The molecule has 0 spiro atoms. The van der Waals surface area contributed by atoms with Gasteiger partial charge in [0.25, 0.3) is 0 Å². The molecule has 0 aliphatic carbocycles. The van der Waals surface area contributed by atoms with Crippen molar-refractivity contribution in [2.45, 2.75) is 20.3 Å². The average Bonchev–Trinajstić information content (AvgIpc) is 2.56. The summed E-state index contributed by atoms with van der Waals surface area (Å²) in [7, 11) is 0. The number of hydrogen-bond acceptors (Lipinski definition) is 3. The Kier molecular flexibility index (Phi) is 6.10. The van der Waals surface area contributed by atoms with Gasteiger partial charge in [0.1, 0.15) is 5.82 Å². The summed E-state index contributed by atoms with van der Waals surface area (Å²) in [5.41, 5.74) is 0.226. The molecule has 1 aliphatic heterocycles. The van der Waals surface area contributed by atoms with Crippen molar-refractivity contribution in [2.24, 2.45) is 0 Å². The molecule has 2 amide bonds.